The van der Waals surface area contributed by atoms with Crippen molar-refractivity contribution in [2.45, 2.75) is 25.6 Å². The van der Waals surface area contributed by atoms with Crippen molar-refractivity contribution in [3.63, 3.8) is 0 Å². The summed E-state index contributed by atoms with van der Waals surface area (Å²) in [5.74, 6) is 1.64. The highest BCUT2D eigenvalue weighted by molar-refractivity contribution is 6.17. The standard InChI is InChI=1S/C24H23ClN8/c1-15-21(31-32(2)30-15)19-11-12-20-24(28-19)33(17-9-7-16(14-25)8-10-17)23(29-20)18-6-4-3-5-13-27-22(18)26/h3,5,7-13H,4,6,14,26H2,1-2H3/b5-3-,22-18+,27-13-. The molecule has 1 aliphatic rings. The number of rotatable bonds is 4. The summed E-state index contributed by atoms with van der Waals surface area (Å²) in [4.78, 5) is 15.8. The van der Waals surface area contributed by atoms with Gasteiger partial charge in [-0.2, -0.15) is 15.0 Å². The molecule has 0 saturated heterocycles. The number of halogens is 1. The van der Waals surface area contributed by atoms with Gasteiger partial charge in [-0.25, -0.2) is 15.0 Å². The van der Waals surface area contributed by atoms with E-state index in [1.54, 1.807) is 18.1 Å². The summed E-state index contributed by atoms with van der Waals surface area (Å²) in [6.45, 7) is 1.92. The number of hydrogen-bond acceptors (Lipinski definition) is 6. The second-order valence-electron chi connectivity index (χ2n) is 7.84. The molecule has 0 fully saturated rings. The van der Waals surface area contributed by atoms with Crippen molar-refractivity contribution in [1.82, 2.24) is 29.5 Å². The number of aryl methyl sites for hydroxylation is 2. The van der Waals surface area contributed by atoms with Crippen LogP contribution >= 0.6 is 11.6 Å². The van der Waals surface area contributed by atoms with E-state index in [1.165, 1.54) is 0 Å². The van der Waals surface area contributed by atoms with Crippen molar-refractivity contribution < 1.29 is 0 Å². The van der Waals surface area contributed by atoms with Crippen LogP contribution in [-0.2, 0) is 12.9 Å². The van der Waals surface area contributed by atoms with Gasteiger partial charge in [0, 0.05) is 30.4 Å². The third kappa shape index (κ3) is 3.93. The van der Waals surface area contributed by atoms with Crippen molar-refractivity contribution in [1.29, 1.82) is 0 Å². The molecule has 0 spiro atoms. The molecule has 33 heavy (non-hydrogen) atoms. The highest BCUT2D eigenvalue weighted by Crippen LogP contribution is 2.31. The van der Waals surface area contributed by atoms with Gasteiger partial charge in [-0.1, -0.05) is 18.2 Å². The number of nitrogens with zero attached hydrogens (tertiary/aromatic N) is 7. The zero-order chi connectivity index (χ0) is 22.9. The van der Waals surface area contributed by atoms with Crippen LogP contribution in [-0.4, -0.2) is 35.7 Å². The third-order valence-electron chi connectivity index (χ3n) is 5.55. The smallest absolute Gasteiger partial charge is 0.165 e. The molecule has 0 amide bonds. The van der Waals surface area contributed by atoms with Crippen molar-refractivity contribution in [2.75, 3.05) is 0 Å². The van der Waals surface area contributed by atoms with E-state index in [9.17, 15) is 0 Å². The maximum atomic E-state index is 6.37. The van der Waals surface area contributed by atoms with E-state index in [4.69, 9.17) is 27.3 Å². The maximum Gasteiger partial charge on any atom is 0.165 e. The number of hydrogen-bond donors (Lipinski definition) is 1. The molecule has 8 nitrogen and oxygen atoms in total. The van der Waals surface area contributed by atoms with E-state index < -0.39 is 0 Å². The number of fused-ring (bicyclic) bond motifs is 1. The summed E-state index contributed by atoms with van der Waals surface area (Å²) in [7, 11) is 1.80. The lowest BCUT2D eigenvalue weighted by atomic mass is 10.1. The van der Waals surface area contributed by atoms with Gasteiger partial charge in [0.25, 0.3) is 0 Å². The minimum absolute atomic E-state index is 0.450. The zero-order valence-corrected chi connectivity index (χ0v) is 19.2. The fraction of sp³-hybridized carbons (Fsp3) is 0.208. The molecule has 3 aromatic heterocycles. The fourth-order valence-electron chi connectivity index (χ4n) is 3.95. The average Bonchev–Trinajstić information content (AvgIpc) is 3.35. The molecule has 0 bridgehead atoms. The number of imidazole rings is 1. The van der Waals surface area contributed by atoms with Crippen molar-refractivity contribution in [2.24, 2.45) is 17.8 Å². The summed E-state index contributed by atoms with van der Waals surface area (Å²) in [6, 6.07) is 11.9. The first-order valence-electron chi connectivity index (χ1n) is 10.7. The van der Waals surface area contributed by atoms with Crippen LogP contribution in [0, 0.1) is 6.92 Å². The predicted octanol–water partition coefficient (Wildman–Crippen LogP) is 4.31. The van der Waals surface area contributed by atoms with Crippen molar-refractivity contribution >= 4 is 34.6 Å². The van der Waals surface area contributed by atoms with Crippen LogP contribution < -0.4 is 5.73 Å². The second-order valence-corrected chi connectivity index (χ2v) is 8.11. The predicted molar refractivity (Wildman–Crippen MR) is 131 cm³/mol. The molecule has 9 heteroatoms. The van der Waals surface area contributed by atoms with Gasteiger partial charge in [-0.15, -0.1) is 11.6 Å². The molecule has 0 unspecified atom stereocenters. The number of allylic oxidation sites excluding steroid dienone is 3. The van der Waals surface area contributed by atoms with E-state index in [-0.39, 0.29) is 0 Å². The molecular formula is C24H23ClN8. The molecule has 0 saturated carbocycles. The van der Waals surface area contributed by atoms with Gasteiger partial charge in [-0.05, 0) is 55.7 Å². The Kier molecular flexibility index (Phi) is 5.51. The lowest BCUT2D eigenvalue weighted by molar-refractivity contribution is 0.650. The zero-order valence-electron chi connectivity index (χ0n) is 18.4. The molecular weight excluding hydrogens is 436 g/mol. The van der Waals surface area contributed by atoms with Crippen LogP contribution in [0.1, 0.15) is 29.9 Å². The number of aliphatic imine (C=N–C) groups is 1. The highest BCUT2D eigenvalue weighted by atomic mass is 35.5. The molecule has 1 aromatic carbocycles. The average molecular weight is 459 g/mol. The van der Waals surface area contributed by atoms with E-state index in [0.717, 1.165) is 58.1 Å². The van der Waals surface area contributed by atoms with Crippen molar-refractivity contribution in [3.05, 3.63) is 71.5 Å². The summed E-state index contributed by atoms with van der Waals surface area (Å²) >= 11 is 6.02. The maximum absolute atomic E-state index is 6.37. The Morgan fingerprint density at radius 3 is 2.61 bits per heavy atom. The Balaban J connectivity index is 1.77. The normalized spacial score (nSPS) is 18.3. The Morgan fingerprint density at radius 2 is 1.88 bits per heavy atom. The molecule has 1 aliphatic heterocycles. The SMILES string of the molecule is Cc1nn(C)nc1-c1ccc2nc(/C3=C(N)/N=C\C=C/CC3)n(-c3ccc(CCl)cc3)c2n1. The minimum Gasteiger partial charge on any atom is -0.383 e. The van der Waals surface area contributed by atoms with Crippen LogP contribution in [0.2, 0.25) is 0 Å². The first-order chi connectivity index (χ1) is 16.0. The third-order valence-corrected chi connectivity index (χ3v) is 5.86. The van der Waals surface area contributed by atoms with E-state index in [1.807, 2.05) is 54.0 Å². The summed E-state index contributed by atoms with van der Waals surface area (Å²) in [5, 5.41) is 8.85. The van der Waals surface area contributed by atoms with Gasteiger partial charge in [0.15, 0.2) is 5.65 Å². The lowest BCUT2D eigenvalue weighted by Crippen LogP contribution is -2.08. The summed E-state index contributed by atoms with van der Waals surface area (Å²) in [6.07, 6.45) is 7.26. The quantitative estimate of drug-likeness (QED) is 0.459. The first kappa shape index (κ1) is 21.1. The minimum atomic E-state index is 0.450. The topological polar surface area (TPSA) is 99.8 Å². The van der Waals surface area contributed by atoms with Gasteiger partial charge in [-0.3, -0.25) is 4.57 Å². The Hall–Kier alpha value is -3.78. The van der Waals surface area contributed by atoms with Crippen molar-refractivity contribution in [3.8, 4) is 17.1 Å². The molecule has 2 N–H and O–H groups in total. The molecule has 166 valence electrons. The molecule has 5 rings (SSSR count). The number of pyridine rings is 1. The second kappa shape index (κ2) is 8.63. The van der Waals surface area contributed by atoms with Gasteiger partial charge < -0.3 is 5.73 Å². The molecule has 4 aromatic rings. The molecule has 0 aliphatic carbocycles. The van der Waals surface area contributed by atoms with E-state index in [0.29, 0.717) is 17.3 Å². The van der Waals surface area contributed by atoms with Gasteiger partial charge in [0.1, 0.15) is 22.9 Å². The Labute approximate surface area is 196 Å². The summed E-state index contributed by atoms with van der Waals surface area (Å²) < 4.78 is 2.03. The molecule has 4 heterocycles. The number of alkyl halides is 1. The van der Waals surface area contributed by atoms with Crippen LogP contribution in [0.3, 0.4) is 0 Å². The Bertz CT molecular complexity index is 1420. The molecule has 0 radical (unpaired) electrons. The number of nitrogens with two attached hydrogens (primary N) is 1. The van der Waals surface area contributed by atoms with Gasteiger partial charge in [0.2, 0.25) is 0 Å². The van der Waals surface area contributed by atoms with E-state index in [2.05, 4.69) is 21.3 Å². The van der Waals surface area contributed by atoms with E-state index >= 15 is 0 Å². The lowest BCUT2D eigenvalue weighted by Gasteiger charge is -2.13. The summed E-state index contributed by atoms with van der Waals surface area (Å²) in [5.41, 5.74) is 13.0. The largest absolute Gasteiger partial charge is 0.383 e. The fourth-order valence-corrected chi connectivity index (χ4v) is 4.13. The highest BCUT2D eigenvalue weighted by Gasteiger charge is 2.21. The van der Waals surface area contributed by atoms with Gasteiger partial charge in [0.05, 0.1) is 11.4 Å². The Morgan fingerprint density at radius 1 is 1.06 bits per heavy atom. The number of benzene rings is 1. The number of aromatic nitrogens is 6. The first-order valence-corrected chi connectivity index (χ1v) is 11.2. The van der Waals surface area contributed by atoms with Crippen LogP contribution in [0.15, 0.2) is 59.4 Å². The monoisotopic (exact) mass is 458 g/mol. The van der Waals surface area contributed by atoms with Crippen LogP contribution in [0.4, 0.5) is 0 Å². The van der Waals surface area contributed by atoms with Gasteiger partial charge >= 0.3 is 0 Å². The molecule has 0 atom stereocenters. The van der Waals surface area contributed by atoms with Crippen LogP contribution in [0.25, 0.3) is 33.8 Å². The van der Waals surface area contributed by atoms with Crippen LogP contribution in [0.5, 0.6) is 0 Å².